The van der Waals surface area contributed by atoms with Crippen LogP contribution in [-0.4, -0.2) is 10.9 Å². The minimum Gasteiger partial charge on any atom is -0.269 e. The van der Waals surface area contributed by atoms with E-state index in [2.05, 4.69) is 4.98 Å². The molecule has 0 aliphatic carbocycles. The van der Waals surface area contributed by atoms with Crippen molar-refractivity contribution in [2.75, 3.05) is 4.90 Å². The molecule has 1 heterocycles. The summed E-state index contributed by atoms with van der Waals surface area (Å²) in [7, 11) is 0. The summed E-state index contributed by atoms with van der Waals surface area (Å²) in [5, 5.41) is 1.45. The van der Waals surface area contributed by atoms with Crippen molar-refractivity contribution in [3.8, 4) is 0 Å². The highest BCUT2D eigenvalue weighted by Crippen LogP contribution is 2.34. The number of anilines is 2. The lowest BCUT2D eigenvalue weighted by Gasteiger charge is -2.18. The quantitative estimate of drug-likeness (QED) is 0.315. The zero-order valence-electron chi connectivity index (χ0n) is 14.9. The molecule has 7 heteroatoms. The molecule has 0 N–H and O–H groups in total. The lowest BCUT2D eigenvalue weighted by molar-refractivity contribution is -0.113. The van der Waals surface area contributed by atoms with Crippen LogP contribution >= 0.6 is 34.5 Å². The molecular weight excluding hydrogens is 430 g/mol. The fraction of sp³-hybridized carbons (Fsp3) is 0. The monoisotopic (exact) mass is 442 g/mol. The number of thiazole rings is 1. The van der Waals surface area contributed by atoms with Gasteiger partial charge in [0.1, 0.15) is 5.82 Å². The predicted molar refractivity (Wildman–Crippen MR) is 119 cm³/mol. The number of fused-ring (bicyclic) bond motifs is 1. The number of aromatic nitrogens is 1. The Labute approximate surface area is 180 Å². The Morgan fingerprint density at radius 2 is 1.79 bits per heavy atom. The third-order valence-corrected chi connectivity index (χ3v) is 5.73. The molecule has 4 rings (SSSR count). The van der Waals surface area contributed by atoms with Crippen LogP contribution in [0.25, 0.3) is 16.3 Å². The Bertz CT molecular complexity index is 1190. The summed E-state index contributed by atoms with van der Waals surface area (Å²) in [6, 6.07) is 18.4. The molecule has 1 aromatic heterocycles. The van der Waals surface area contributed by atoms with Gasteiger partial charge in [-0.25, -0.2) is 9.37 Å². The maximum Gasteiger partial charge on any atom is 0.257 e. The van der Waals surface area contributed by atoms with E-state index in [9.17, 15) is 9.18 Å². The van der Waals surface area contributed by atoms with Crippen LogP contribution in [0.15, 0.2) is 72.8 Å². The second-order valence-electron chi connectivity index (χ2n) is 6.11. The Morgan fingerprint density at radius 3 is 2.52 bits per heavy atom. The fourth-order valence-electron chi connectivity index (χ4n) is 2.75. The molecule has 1 amide bonds. The number of benzene rings is 3. The van der Waals surface area contributed by atoms with Crippen molar-refractivity contribution in [1.82, 2.24) is 4.98 Å². The second-order valence-corrected chi connectivity index (χ2v) is 7.97. The van der Waals surface area contributed by atoms with Gasteiger partial charge in [0.05, 0.1) is 15.9 Å². The van der Waals surface area contributed by atoms with Gasteiger partial charge in [-0.05, 0) is 60.2 Å². The maximum atomic E-state index is 13.4. The Kier molecular flexibility index (Phi) is 5.62. The van der Waals surface area contributed by atoms with E-state index in [-0.39, 0.29) is 11.7 Å². The molecule has 0 bridgehead atoms. The van der Waals surface area contributed by atoms with E-state index in [0.29, 0.717) is 26.4 Å². The number of carbonyl (C=O) groups excluding carboxylic acids is 1. The van der Waals surface area contributed by atoms with Gasteiger partial charge in [0.2, 0.25) is 0 Å². The van der Waals surface area contributed by atoms with Crippen LogP contribution in [0.4, 0.5) is 15.2 Å². The van der Waals surface area contributed by atoms with Gasteiger partial charge < -0.3 is 0 Å². The normalized spacial score (nSPS) is 11.3. The number of rotatable bonds is 4. The van der Waals surface area contributed by atoms with E-state index in [1.54, 1.807) is 36.4 Å². The van der Waals surface area contributed by atoms with Gasteiger partial charge in [0, 0.05) is 16.1 Å². The van der Waals surface area contributed by atoms with Crippen LogP contribution in [-0.2, 0) is 4.79 Å². The first kappa shape index (κ1) is 19.6. The molecule has 0 aliphatic rings. The smallest absolute Gasteiger partial charge is 0.257 e. The van der Waals surface area contributed by atoms with Crippen LogP contribution in [0.2, 0.25) is 10.0 Å². The standard InChI is InChI=1S/C22H13Cl2FN2OS/c23-15-7-5-14(18(24)13-15)6-12-21(28)27(17-10-8-16(25)9-11-17)22-26-19-3-1-2-4-20(19)29-22/h1-13H/b12-6+. The summed E-state index contributed by atoms with van der Waals surface area (Å²) in [4.78, 5) is 19.1. The molecule has 0 saturated carbocycles. The van der Waals surface area contributed by atoms with Gasteiger partial charge in [0.15, 0.2) is 5.13 Å². The minimum atomic E-state index is -0.381. The van der Waals surface area contributed by atoms with E-state index < -0.39 is 0 Å². The van der Waals surface area contributed by atoms with Gasteiger partial charge in [-0.1, -0.05) is 52.7 Å². The lowest BCUT2D eigenvalue weighted by atomic mass is 10.2. The Morgan fingerprint density at radius 1 is 1.03 bits per heavy atom. The van der Waals surface area contributed by atoms with Crippen LogP contribution in [0, 0.1) is 5.82 Å². The van der Waals surface area contributed by atoms with E-state index in [4.69, 9.17) is 23.2 Å². The largest absolute Gasteiger partial charge is 0.269 e. The third-order valence-electron chi connectivity index (χ3n) is 4.15. The van der Waals surface area contributed by atoms with Crippen molar-refractivity contribution in [2.45, 2.75) is 0 Å². The van der Waals surface area contributed by atoms with E-state index in [1.807, 2.05) is 24.3 Å². The van der Waals surface area contributed by atoms with E-state index >= 15 is 0 Å². The van der Waals surface area contributed by atoms with Crippen molar-refractivity contribution in [3.63, 3.8) is 0 Å². The fourth-order valence-corrected chi connectivity index (χ4v) is 4.21. The molecule has 0 aliphatic heterocycles. The zero-order valence-corrected chi connectivity index (χ0v) is 17.2. The summed E-state index contributed by atoms with van der Waals surface area (Å²) in [5.74, 6) is -0.712. The average Bonchev–Trinajstić information content (AvgIpc) is 3.12. The minimum absolute atomic E-state index is 0.332. The highest BCUT2D eigenvalue weighted by molar-refractivity contribution is 7.22. The van der Waals surface area contributed by atoms with Crippen LogP contribution in [0.3, 0.4) is 0 Å². The van der Waals surface area contributed by atoms with Gasteiger partial charge in [-0.15, -0.1) is 0 Å². The average molecular weight is 443 g/mol. The molecule has 0 saturated heterocycles. The highest BCUT2D eigenvalue weighted by atomic mass is 35.5. The molecule has 0 fully saturated rings. The molecule has 0 unspecified atom stereocenters. The third kappa shape index (κ3) is 4.32. The molecule has 3 nitrogen and oxygen atoms in total. The number of hydrogen-bond donors (Lipinski definition) is 0. The highest BCUT2D eigenvalue weighted by Gasteiger charge is 2.20. The first-order chi connectivity index (χ1) is 14.0. The zero-order chi connectivity index (χ0) is 20.4. The van der Waals surface area contributed by atoms with Crippen molar-refractivity contribution >= 4 is 67.6 Å². The van der Waals surface area contributed by atoms with E-state index in [0.717, 1.165) is 10.2 Å². The predicted octanol–water partition coefficient (Wildman–Crippen LogP) is 7.12. The number of para-hydroxylation sites is 1. The van der Waals surface area contributed by atoms with Crippen molar-refractivity contribution in [1.29, 1.82) is 0 Å². The lowest BCUT2D eigenvalue weighted by Crippen LogP contribution is -2.23. The topological polar surface area (TPSA) is 33.2 Å². The Balaban J connectivity index is 1.74. The summed E-state index contributed by atoms with van der Waals surface area (Å²) in [5.41, 5.74) is 1.97. The van der Waals surface area contributed by atoms with Gasteiger partial charge in [-0.3, -0.25) is 9.69 Å². The van der Waals surface area contributed by atoms with Crippen molar-refractivity contribution in [2.24, 2.45) is 0 Å². The summed E-state index contributed by atoms with van der Waals surface area (Å²) in [6.45, 7) is 0. The molecule has 29 heavy (non-hydrogen) atoms. The van der Waals surface area contributed by atoms with Crippen molar-refractivity contribution < 1.29 is 9.18 Å². The first-order valence-corrected chi connectivity index (χ1v) is 10.2. The Hall–Kier alpha value is -2.73. The number of amides is 1. The molecule has 3 aromatic carbocycles. The molecule has 4 aromatic rings. The maximum absolute atomic E-state index is 13.4. The summed E-state index contributed by atoms with van der Waals surface area (Å²) < 4.78 is 14.4. The summed E-state index contributed by atoms with van der Waals surface area (Å²) >= 11 is 13.5. The molecule has 144 valence electrons. The van der Waals surface area contributed by atoms with Crippen LogP contribution < -0.4 is 4.90 Å². The van der Waals surface area contributed by atoms with E-state index in [1.165, 1.54) is 34.4 Å². The summed E-state index contributed by atoms with van der Waals surface area (Å²) in [6.07, 6.45) is 3.02. The van der Waals surface area contributed by atoms with Crippen LogP contribution in [0.5, 0.6) is 0 Å². The van der Waals surface area contributed by atoms with Crippen LogP contribution in [0.1, 0.15) is 5.56 Å². The van der Waals surface area contributed by atoms with Crippen molar-refractivity contribution in [3.05, 3.63) is 94.2 Å². The molecule has 0 atom stereocenters. The molecule has 0 spiro atoms. The second kappa shape index (κ2) is 8.33. The first-order valence-electron chi connectivity index (χ1n) is 8.59. The number of hydrogen-bond acceptors (Lipinski definition) is 3. The van der Waals surface area contributed by atoms with Gasteiger partial charge in [-0.2, -0.15) is 0 Å². The van der Waals surface area contributed by atoms with Gasteiger partial charge >= 0.3 is 0 Å². The number of nitrogens with zero attached hydrogens (tertiary/aromatic N) is 2. The molecular formula is C22H13Cl2FN2OS. The molecule has 0 radical (unpaired) electrons. The SMILES string of the molecule is O=C(/C=C/c1ccc(Cl)cc1Cl)N(c1ccc(F)cc1)c1nc2ccccc2s1. The van der Waals surface area contributed by atoms with Gasteiger partial charge in [0.25, 0.3) is 5.91 Å². The number of halogens is 3. The number of carbonyl (C=O) groups is 1.